The average molecular weight is 277 g/mol. The zero-order chi connectivity index (χ0) is 13.9. The maximum atomic E-state index is 12.0. The largest absolute Gasteiger partial charge is 0.340 e. The summed E-state index contributed by atoms with van der Waals surface area (Å²) in [5.74, 6) is 0.290. The molecule has 1 rings (SSSR count). The van der Waals surface area contributed by atoms with Gasteiger partial charge in [-0.1, -0.05) is 13.8 Å². The molecule has 2 atom stereocenters. The van der Waals surface area contributed by atoms with E-state index in [0.717, 1.165) is 6.26 Å². The van der Waals surface area contributed by atoms with Crippen LogP contribution in [0, 0.1) is 5.92 Å². The minimum Gasteiger partial charge on any atom is -0.340 e. The summed E-state index contributed by atoms with van der Waals surface area (Å²) >= 11 is 0. The van der Waals surface area contributed by atoms with Crippen LogP contribution in [-0.2, 0) is 14.8 Å². The van der Waals surface area contributed by atoms with Gasteiger partial charge in [-0.15, -0.1) is 0 Å². The van der Waals surface area contributed by atoms with Crippen molar-refractivity contribution in [3.63, 3.8) is 0 Å². The fourth-order valence-electron chi connectivity index (χ4n) is 2.20. The molecule has 0 aromatic carbocycles. The lowest BCUT2D eigenvalue weighted by Gasteiger charge is -2.22. The van der Waals surface area contributed by atoms with Gasteiger partial charge >= 0.3 is 0 Å². The van der Waals surface area contributed by atoms with Crippen LogP contribution < -0.4 is 10.5 Å². The first-order valence-corrected chi connectivity index (χ1v) is 8.10. The third kappa shape index (κ3) is 4.91. The normalized spacial score (nSPS) is 22.5. The number of nitrogens with two attached hydrogens (primary N) is 1. The quantitative estimate of drug-likeness (QED) is 0.709. The number of hydrogen-bond donors (Lipinski definition) is 2. The van der Waals surface area contributed by atoms with Gasteiger partial charge in [-0.3, -0.25) is 4.79 Å². The third-order valence-electron chi connectivity index (χ3n) is 2.92. The second-order valence-corrected chi connectivity index (χ2v) is 7.18. The van der Waals surface area contributed by atoms with Gasteiger partial charge in [-0.2, -0.15) is 0 Å². The number of nitrogens with zero attached hydrogens (tertiary/aromatic N) is 1. The zero-order valence-electron chi connectivity index (χ0n) is 11.2. The Morgan fingerprint density at radius 1 is 1.50 bits per heavy atom. The number of carbonyl (C=O) groups excluding carboxylic acids is 1. The molecule has 0 radical (unpaired) electrons. The highest BCUT2D eigenvalue weighted by Gasteiger charge is 2.30. The van der Waals surface area contributed by atoms with Crippen molar-refractivity contribution in [3.05, 3.63) is 0 Å². The Hall–Kier alpha value is -0.660. The van der Waals surface area contributed by atoms with Gasteiger partial charge in [-0.05, 0) is 18.8 Å². The van der Waals surface area contributed by atoms with E-state index in [0.29, 0.717) is 31.8 Å². The number of hydrogen-bond acceptors (Lipinski definition) is 4. The Kier molecular flexibility index (Phi) is 5.12. The maximum absolute atomic E-state index is 12.0. The van der Waals surface area contributed by atoms with E-state index < -0.39 is 16.1 Å². The Morgan fingerprint density at radius 2 is 2.11 bits per heavy atom. The van der Waals surface area contributed by atoms with E-state index in [4.69, 9.17) is 5.73 Å². The highest BCUT2D eigenvalue weighted by molar-refractivity contribution is 7.88. The molecular weight excluding hydrogens is 254 g/mol. The molecular formula is C11H23N3O3S. The van der Waals surface area contributed by atoms with Crippen molar-refractivity contribution in [3.8, 4) is 0 Å². The van der Waals surface area contributed by atoms with Gasteiger partial charge in [0.05, 0.1) is 12.3 Å². The summed E-state index contributed by atoms with van der Waals surface area (Å²) in [6.07, 6.45) is 2.43. The number of amides is 1. The molecule has 1 amide bonds. The van der Waals surface area contributed by atoms with Crippen LogP contribution in [0.5, 0.6) is 0 Å². The monoisotopic (exact) mass is 277 g/mol. The average Bonchev–Trinajstić information content (AvgIpc) is 2.61. The first-order chi connectivity index (χ1) is 8.19. The lowest BCUT2D eigenvalue weighted by Crippen LogP contribution is -2.45. The smallest absolute Gasteiger partial charge is 0.239 e. The van der Waals surface area contributed by atoms with E-state index in [1.54, 1.807) is 4.90 Å². The van der Waals surface area contributed by atoms with Crippen LogP contribution in [0.3, 0.4) is 0 Å². The topological polar surface area (TPSA) is 92.5 Å². The lowest BCUT2D eigenvalue weighted by molar-refractivity contribution is -0.131. The minimum atomic E-state index is -3.22. The molecule has 6 nitrogen and oxygen atoms in total. The van der Waals surface area contributed by atoms with Gasteiger partial charge in [0.15, 0.2) is 0 Å². The summed E-state index contributed by atoms with van der Waals surface area (Å²) in [4.78, 5) is 13.7. The number of carbonyl (C=O) groups is 1. The standard InChI is InChI=1S/C11H23N3O3S/c1-8(2)6-10(12)11(15)14-5-4-9(7-14)13-18(3,16)17/h8-10,13H,4-7,12H2,1-3H3/t9?,10-/m0/s1. The molecule has 1 aliphatic heterocycles. The minimum absolute atomic E-state index is 0.0819. The summed E-state index contributed by atoms with van der Waals surface area (Å²) in [7, 11) is -3.22. The molecule has 0 saturated carbocycles. The van der Waals surface area contributed by atoms with Crippen LogP contribution in [0.4, 0.5) is 0 Å². The van der Waals surface area contributed by atoms with Gasteiger partial charge in [0.1, 0.15) is 0 Å². The van der Waals surface area contributed by atoms with Crippen LogP contribution in [0.25, 0.3) is 0 Å². The van der Waals surface area contributed by atoms with Gasteiger partial charge in [0.2, 0.25) is 15.9 Å². The molecule has 7 heteroatoms. The molecule has 1 fully saturated rings. The van der Waals surface area contributed by atoms with Crippen molar-refractivity contribution in [2.24, 2.45) is 11.7 Å². The van der Waals surface area contributed by atoms with Crippen molar-refractivity contribution in [1.29, 1.82) is 0 Å². The van der Waals surface area contributed by atoms with Crippen molar-refractivity contribution in [2.45, 2.75) is 38.8 Å². The van der Waals surface area contributed by atoms with E-state index in [9.17, 15) is 13.2 Å². The fraction of sp³-hybridized carbons (Fsp3) is 0.909. The Bertz CT molecular complexity index is 394. The second kappa shape index (κ2) is 5.99. The molecule has 0 aromatic rings. The predicted octanol–water partition coefficient (Wildman–Crippen LogP) is -0.490. The first-order valence-electron chi connectivity index (χ1n) is 6.20. The van der Waals surface area contributed by atoms with Crippen LogP contribution in [-0.4, -0.2) is 50.7 Å². The van der Waals surface area contributed by atoms with Crippen molar-refractivity contribution >= 4 is 15.9 Å². The summed E-state index contributed by atoms with van der Waals surface area (Å²) in [6.45, 7) is 5.02. The van der Waals surface area contributed by atoms with Gasteiger partial charge < -0.3 is 10.6 Å². The molecule has 1 saturated heterocycles. The third-order valence-corrected chi connectivity index (χ3v) is 3.68. The van der Waals surface area contributed by atoms with E-state index in [-0.39, 0.29) is 11.9 Å². The van der Waals surface area contributed by atoms with E-state index in [1.807, 2.05) is 13.8 Å². The fourth-order valence-corrected chi connectivity index (χ4v) is 3.00. The van der Waals surface area contributed by atoms with E-state index in [2.05, 4.69) is 4.72 Å². The number of sulfonamides is 1. The lowest BCUT2D eigenvalue weighted by atomic mass is 10.0. The van der Waals surface area contributed by atoms with Crippen molar-refractivity contribution in [1.82, 2.24) is 9.62 Å². The molecule has 0 aliphatic carbocycles. The van der Waals surface area contributed by atoms with Crippen LogP contribution in [0.1, 0.15) is 26.7 Å². The van der Waals surface area contributed by atoms with Gasteiger partial charge in [-0.25, -0.2) is 13.1 Å². The number of nitrogens with one attached hydrogen (secondary N) is 1. The van der Waals surface area contributed by atoms with Crippen molar-refractivity contribution < 1.29 is 13.2 Å². The molecule has 0 bridgehead atoms. The van der Waals surface area contributed by atoms with Crippen LogP contribution in [0.2, 0.25) is 0 Å². The molecule has 1 unspecified atom stereocenters. The molecule has 0 aromatic heterocycles. The highest BCUT2D eigenvalue weighted by atomic mass is 32.2. The summed E-state index contributed by atoms with van der Waals surface area (Å²) in [6, 6.07) is -0.669. The Labute approximate surface area is 109 Å². The highest BCUT2D eigenvalue weighted by Crippen LogP contribution is 2.13. The first kappa shape index (κ1) is 15.4. The summed E-state index contributed by atoms with van der Waals surface area (Å²) < 4.78 is 24.7. The van der Waals surface area contributed by atoms with Gasteiger partial charge in [0, 0.05) is 19.1 Å². The number of likely N-dealkylation sites (tertiary alicyclic amines) is 1. The summed E-state index contributed by atoms with van der Waals surface area (Å²) in [5, 5.41) is 0. The summed E-state index contributed by atoms with van der Waals surface area (Å²) in [5.41, 5.74) is 5.84. The maximum Gasteiger partial charge on any atom is 0.239 e. The van der Waals surface area contributed by atoms with Crippen LogP contribution >= 0.6 is 0 Å². The van der Waals surface area contributed by atoms with Crippen molar-refractivity contribution in [2.75, 3.05) is 19.3 Å². The zero-order valence-corrected chi connectivity index (χ0v) is 12.0. The Morgan fingerprint density at radius 3 is 2.61 bits per heavy atom. The van der Waals surface area contributed by atoms with Gasteiger partial charge in [0.25, 0.3) is 0 Å². The molecule has 1 aliphatic rings. The molecule has 106 valence electrons. The Balaban J connectivity index is 2.48. The molecule has 1 heterocycles. The molecule has 0 spiro atoms. The predicted molar refractivity (Wildman–Crippen MR) is 70.4 cm³/mol. The van der Waals surface area contributed by atoms with Crippen LogP contribution in [0.15, 0.2) is 0 Å². The molecule has 3 N–H and O–H groups in total. The molecule has 18 heavy (non-hydrogen) atoms. The second-order valence-electron chi connectivity index (χ2n) is 5.40. The van der Waals surface area contributed by atoms with E-state index >= 15 is 0 Å². The SMILES string of the molecule is CC(C)C[C@H](N)C(=O)N1CCC(NS(C)(=O)=O)C1. The van der Waals surface area contributed by atoms with E-state index in [1.165, 1.54) is 0 Å². The number of rotatable bonds is 5.